The van der Waals surface area contributed by atoms with E-state index in [1.54, 1.807) is 0 Å². The average Bonchev–Trinajstić information content (AvgIpc) is 2.47. The summed E-state index contributed by atoms with van der Waals surface area (Å²) in [6.07, 6.45) is 0.560. The normalized spacial score (nSPS) is 11.9. The lowest BCUT2D eigenvalue weighted by molar-refractivity contribution is 0.146. The van der Waals surface area contributed by atoms with Crippen molar-refractivity contribution in [1.82, 2.24) is 14.7 Å². The van der Waals surface area contributed by atoms with Crippen molar-refractivity contribution in [1.29, 1.82) is 0 Å². The number of rotatable bonds is 7. The third kappa shape index (κ3) is 3.81. The van der Waals surface area contributed by atoms with Crippen LogP contribution in [0.25, 0.3) is 11.0 Å². The molecule has 2 aromatic rings. The molecule has 1 heterocycles. The third-order valence-electron chi connectivity index (χ3n) is 2.97. The van der Waals surface area contributed by atoms with Crippen molar-refractivity contribution in [3.8, 4) is 0 Å². The lowest BCUT2D eigenvalue weighted by Crippen LogP contribution is -2.29. The molecule has 120 valence electrons. The summed E-state index contributed by atoms with van der Waals surface area (Å²) in [4.78, 5) is 27.2. The number of benzene rings is 1. The molecule has 0 saturated heterocycles. The zero-order valence-electron chi connectivity index (χ0n) is 12.0. The first-order valence-electron chi connectivity index (χ1n) is 6.78. The van der Waals surface area contributed by atoms with E-state index in [1.807, 2.05) is 6.92 Å². The molecule has 1 aromatic heterocycles. The Morgan fingerprint density at radius 2 is 1.82 bits per heavy atom. The van der Waals surface area contributed by atoms with Gasteiger partial charge in [-0.15, -0.1) is 0 Å². The van der Waals surface area contributed by atoms with Crippen molar-refractivity contribution < 1.29 is 13.2 Å². The maximum Gasteiger partial charge on any atom is 0.314 e. The van der Waals surface area contributed by atoms with Gasteiger partial charge in [-0.2, -0.15) is 0 Å². The number of hydrogen-bond donors (Lipinski definition) is 3. The van der Waals surface area contributed by atoms with Crippen molar-refractivity contribution >= 4 is 21.1 Å². The maximum atomic E-state index is 12.1. The summed E-state index contributed by atoms with van der Waals surface area (Å²) in [5.41, 5.74) is -0.995. The van der Waals surface area contributed by atoms with Crippen LogP contribution in [0, 0.1) is 0 Å². The lowest BCUT2D eigenvalue weighted by atomic mass is 10.3. The average molecular weight is 327 g/mol. The van der Waals surface area contributed by atoms with Gasteiger partial charge in [-0.25, -0.2) is 13.1 Å². The van der Waals surface area contributed by atoms with Gasteiger partial charge in [0.05, 0.1) is 15.9 Å². The summed E-state index contributed by atoms with van der Waals surface area (Å²) >= 11 is 0. The summed E-state index contributed by atoms with van der Waals surface area (Å²) in [5.74, 6) is 0. The van der Waals surface area contributed by atoms with Gasteiger partial charge in [-0.1, -0.05) is 0 Å². The third-order valence-corrected chi connectivity index (χ3v) is 4.42. The number of aromatic nitrogens is 2. The molecule has 0 saturated carbocycles. The Bertz CT molecular complexity index is 869. The van der Waals surface area contributed by atoms with Gasteiger partial charge in [-0.3, -0.25) is 9.59 Å². The highest BCUT2D eigenvalue weighted by Gasteiger charge is 2.14. The summed E-state index contributed by atoms with van der Waals surface area (Å²) in [6, 6.07) is 4.10. The minimum atomic E-state index is -3.68. The molecular weight excluding hydrogens is 310 g/mol. The highest BCUT2D eigenvalue weighted by molar-refractivity contribution is 7.89. The first-order valence-corrected chi connectivity index (χ1v) is 8.26. The summed E-state index contributed by atoms with van der Waals surface area (Å²) in [6.45, 7) is 3.18. The minimum absolute atomic E-state index is 0.0131. The number of aromatic amines is 2. The predicted molar refractivity (Wildman–Crippen MR) is 81.5 cm³/mol. The number of nitrogens with one attached hydrogen (secondary N) is 3. The van der Waals surface area contributed by atoms with Crippen molar-refractivity contribution in [2.75, 3.05) is 19.8 Å². The second-order valence-corrected chi connectivity index (χ2v) is 6.33. The van der Waals surface area contributed by atoms with Gasteiger partial charge >= 0.3 is 11.1 Å². The van der Waals surface area contributed by atoms with E-state index in [0.717, 1.165) is 0 Å². The lowest BCUT2D eigenvalue weighted by Gasteiger charge is -2.07. The molecule has 0 aliphatic heterocycles. The van der Waals surface area contributed by atoms with Gasteiger partial charge < -0.3 is 14.7 Å². The highest BCUT2D eigenvalue weighted by atomic mass is 32.2. The molecule has 0 amide bonds. The van der Waals surface area contributed by atoms with Crippen LogP contribution in [0.1, 0.15) is 13.3 Å². The SMILES string of the molecule is CCOCCCNS(=O)(=O)c1ccc2[nH]c(=O)c(=O)[nH]c2c1. The molecule has 3 N–H and O–H groups in total. The van der Waals surface area contributed by atoms with Gasteiger partial charge in [-0.05, 0) is 31.5 Å². The fourth-order valence-electron chi connectivity index (χ4n) is 1.87. The van der Waals surface area contributed by atoms with E-state index in [4.69, 9.17) is 4.74 Å². The first-order chi connectivity index (χ1) is 10.4. The zero-order valence-corrected chi connectivity index (χ0v) is 12.8. The number of sulfonamides is 1. The van der Waals surface area contributed by atoms with Gasteiger partial charge in [0, 0.05) is 19.8 Å². The smallest absolute Gasteiger partial charge is 0.314 e. The molecule has 9 heteroatoms. The van der Waals surface area contributed by atoms with Crippen LogP contribution in [0.3, 0.4) is 0 Å². The number of fused-ring (bicyclic) bond motifs is 1. The van der Waals surface area contributed by atoms with Crippen molar-refractivity contribution in [2.24, 2.45) is 0 Å². The molecule has 0 radical (unpaired) electrons. The monoisotopic (exact) mass is 327 g/mol. The second kappa shape index (κ2) is 6.86. The topological polar surface area (TPSA) is 121 Å². The van der Waals surface area contributed by atoms with Gasteiger partial charge in [0.15, 0.2) is 0 Å². The number of H-pyrrole nitrogens is 2. The Kier molecular flexibility index (Phi) is 5.11. The standard InChI is InChI=1S/C13H17N3O5S/c1-2-21-7-3-6-14-22(19,20)9-4-5-10-11(8-9)16-13(18)12(17)15-10/h4-5,8,14H,2-3,6-7H2,1H3,(H,15,17)(H,16,18). The first kappa shape index (κ1) is 16.4. The van der Waals surface area contributed by atoms with Crippen LogP contribution in [0.4, 0.5) is 0 Å². The fourth-order valence-corrected chi connectivity index (χ4v) is 2.97. The Balaban J connectivity index is 2.20. The molecule has 0 spiro atoms. The van der Waals surface area contributed by atoms with E-state index in [0.29, 0.717) is 25.2 Å². The summed E-state index contributed by atoms with van der Waals surface area (Å²) in [5, 5.41) is 0. The molecule has 0 bridgehead atoms. The van der Waals surface area contributed by atoms with Crippen LogP contribution in [0.15, 0.2) is 32.7 Å². The largest absolute Gasteiger partial charge is 0.382 e. The van der Waals surface area contributed by atoms with Gasteiger partial charge in [0.2, 0.25) is 10.0 Å². The van der Waals surface area contributed by atoms with E-state index in [-0.39, 0.29) is 17.0 Å². The van der Waals surface area contributed by atoms with Crippen molar-refractivity contribution in [2.45, 2.75) is 18.2 Å². The molecule has 0 aliphatic carbocycles. The van der Waals surface area contributed by atoms with Gasteiger partial charge in [0.25, 0.3) is 0 Å². The molecule has 0 unspecified atom stereocenters. The molecule has 0 fully saturated rings. The van der Waals surface area contributed by atoms with Crippen molar-refractivity contribution in [3.63, 3.8) is 0 Å². The molecule has 0 aliphatic rings. The fraction of sp³-hybridized carbons (Fsp3) is 0.385. The van der Waals surface area contributed by atoms with E-state index in [2.05, 4.69) is 14.7 Å². The summed E-state index contributed by atoms with van der Waals surface area (Å²) < 4.78 is 31.9. The van der Waals surface area contributed by atoms with Crippen LogP contribution in [-0.4, -0.2) is 38.1 Å². The second-order valence-electron chi connectivity index (χ2n) is 4.56. The van der Waals surface area contributed by atoms with Crippen molar-refractivity contribution in [3.05, 3.63) is 38.9 Å². The molecule has 1 aromatic carbocycles. The minimum Gasteiger partial charge on any atom is -0.382 e. The van der Waals surface area contributed by atoms with Crippen LogP contribution < -0.4 is 15.8 Å². The molecule has 8 nitrogen and oxygen atoms in total. The van der Waals surface area contributed by atoms with E-state index in [1.165, 1.54) is 18.2 Å². The Morgan fingerprint density at radius 3 is 2.50 bits per heavy atom. The highest BCUT2D eigenvalue weighted by Crippen LogP contribution is 2.14. The predicted octanol–water partition coefficient (Wildman–Crippen LogP) is -0.0787. The Hall–Kier alpha value is -1.97. The Labute approximate surface area is 126 Å². The number of ether oxygens (including phenoxy) is 1. The maximum absolute atomic E-state index is 12.1. The van der Waals surface area contributed by atoms with E-state index < -0.39 is 21.1 Å². The molecule has 2 rings (SSSR count). The van der Waals surface area contributed by atoms with E-state index in [9.17, 15) is 18.0 Å². The van der Waals surface area contributed by atoms with Crippen LogP contribution in [0.2, 0.25) is 0 Å². The van der Waals surface area contributed by atoms with E-state index >= 15 is 0 Å². The van der Waals surface area contributed by atoms with Crippen LogP contribution in [-0.2, 0) is 14.8 Å². The summed E-state index contributed by atoms with van der Waals surface area (Å²) in [7, 11) is -3.68. The van der Waals surface area contributed by atoms with Gasteiger partial charge in [0.1, 0.15) is 0 Å². The molecule has 0 atom stereocenters. The van der Waals surface area contributed by atoms with Crippen LogP contribution >= 0.6 is 0 Å². The Morgan fingerprint density at radius 1 is 1.14 bits per heavy atom. The quantitative estimate of drug-likeness (QED) is 0.485. The molecule has 22 heavy (non-hydrogen) atoms. The zero-order chi connectivity index (χ0) is 16.2. The number of hydrogen-bond acceptors (Lipinski definition) is 5. The molecular formula is C13H17N3O5S. The van der Waals surface area contributed by atoms with Crippen LogP contribution in [0.5, 0.6) is 0 Å².